The Labute approximate surface area is 109 Å². The molecule has 3 nitrogen and oxygen atoms in total. The molecule has 0 spiro atoms. The lowest BCUT2D eigenvalue weighted by Crippen LogP contribution is -2.57. The molecule has 0 aromatic heterocycles. The summed E-state index contributed by atoms with van der Waals surface area (Å²) < 4.78 is 5.98. The number of hydrogen-bond acceptors (Lipinski definition) is 3. The van der Waals surface area contributed by atoms with Crippen LogP contribution in [0.1, 0.15) is 19.4 Å². The smallest absolute Gasteiger partial charge is 0.119 e. The molecule has 2 aliphatic heterocycles. The van der Waals surface area contributed by atoms with Gasteiger partial charge in [-0.25, -0.2) is 0 Å². The van der Waals surface area contributed by atoms with Gasteiger partial charge >= 0.3 is 0 Å². The van der Waals surface area contributed by atoms with Crippen LogP contribution in [0.25, 0.3) is 0 Å². The Morgan fingerprint density at radius 2 is 2.22 bits per heavy atom. The number of nitrogens with one attached hydrogen (secondary N) is 1. The lowest BCUT2D eigenvalue weighted by Gasteiger charge is -2.47. The minimum absolute atomic E-state index is 0.341. The first-order valence-electron chi connectivity index (χ1n) is 6.90. The van der Waals surface area contributed by atoms with Gasteiger partial charge in [0.2, 0.25) is 0 Å². The summed E-state index contributed by atoms with van der Waals surface area (Å²) in [5.41, 5.74) is 3.00. The molecular formula is C15H22N2O. The van der Waals surface area contributed by atoms with Crippen molar-refractivity contribution in [2.45, 2.75) is 20.3 Å². The second-order valence-corrected chi connectivity index (χ2v) is 5.90. The first kappa shape index (κ1) is 11.8. The van der Waals surface area contributed by atoms with Crippen LogP contribution in [-0.4, -0.2) is 37.7 Å². The van der Waals surface area contributed by atoms with Gasteiger partial charge in [0.25, 0.3) is 0 Å². The summed E-state index contributed by atoms with van der Waals surface area (Å²) in [5.74, 6) is 1.02. The quantitative estimate of drug-likeness (QED) is 0.882. The standard InChI is InChI=1S/C15H22N2O/c1-3-17-9-15(2,10-17)11-18-13-4-5-14-12(8-13)6-7-16-14/h4-5,8,16H,3,6-7,9-11H2,1-2H3. The maximum Gasteiger partial charge on any atom is 0.119 e. The molecular weight excluding hydrogens is 224 g/mol. The van der Waals surface area contributed by atoms with E-state index in [1.165, 1.54) is 11.3 Å². The van der Waals surface area contributed by atoms with Crippen molar-refractivity contribution in [1.29, 1.82) is 0 Å². The molecule has 1 saturated heterocycles. The Balaban J connectivity index is 1.57. The highest BCUT2D eigenvalue weighted by Crippen LogP contribution is 2.31. The third-order valence-electron chi connectivity index (χ3n) is 4.03. The number of rotatable bonds is 4. The van der Waals surface area contributed by atoms with E-state index in [1.54, 1.807) is 0 Å². The largest absolute Gasteiger partial charge is 0.493 e. The van der Waals surface area contributed by atoms with Gasteiger partial charge in [-0.05, 0) is 36.7 Å². The molecule has 2 aliphatic rings. The molecule has 0 radical (unpaired) electrons. The molecule has 18 heavy (non-hydrogen) atoms. The summed E-state index contributed by atoms with van der Waals surface area (Å²) in [6.07, 6.45) is 1.12. The van der Waals surface area contributed by atoms with Crippen LogP contribution in [0, 0.1) is 5.41 Å². The number of nitrogens with zero attached hydrogens (tertiary/aromatic N) is 1. The summed E-state index contributed by atoms with van der Waals surface area (Å²) in [7, 11) is 0. The molecule has 0 atom stereocenters. The van der Waals surface area contributed by atoms with Gasteiger partial charge in [0, 0.05) is 30.7 Å². The third-order valence-corrected chi connectivity index (χ3v) is 4.03. The molecule has 0 aliphatic carbocycles. The van der Waals surface area contributed by atoms with Crippen LogP contribution in [0.5, 0.6) is 5.75 Å². The molecule has 1 N–H and O–H groups in total. The van der Waals surface area contributed by atoms with Crippen molar-refractivity contribution in [1.82, 2.24) is 4.90 Å². The van der Waals surface area contributed by atoms with Crippen molar-refractivity contribution in [2.24, 2.45) is 5.41 Å². The highest BCUT2D eigenvalue weighted by atomic mass is 16.5. The number of ether oxygens (including phenoxy) is 1. The molecule has 1 fully saturated rings. The van der Waals surface area contributed by atoms with E-state index < -0.39 is 0 Å². The molecule has 3 heteroatoms. The number of hydrogen-bond donors (Lipinski definition) is 1. The van der Waals surface area contributed by atoms with Gasteiger partial charge in [0.15, 0.2) is 0 Å². The van der Waals surface area contributed by atoms with E-state index in [1.807, 2.05) is 0 Å². The van der Waals surface area contributed by atoms with Crippen LogP contribution in [0.4, 0.5) is 5.69 Å². The van der Waals surface area contributed by atoms with Crippen molar-refractivity contribution >= 4 is 5.69 Å². The van der Waals surface area contributed by atoms with Gasteiger partial charge in [-0.3, -0.25) is 0 Å². The third kappa shape index (κ3) is 2.19. The first-order chi connectivity index (χ1) is 8.68. The van der Waals surface area contributed by atoms with Crippen LogP contribution in [0.2, 0.25) is 0 Å². The molecule has 2 heterocycles. The van der Waals surface area contributed by atoms with Crippen molar-refractivity contribution in [3.63, 3.8) is 0 Å². The van der Waals surface area contributed by atoms with E-state index in [0.717, 1.165) is 45.0 Å². The van der Waals surface area contributed by atoms with Crippen LogP contribution in [-0.2, 0) is 6.42 Å². The fraction of sp³-hybridized carbons (Fsp3) is 0.600. The van der Waals surface area contributed by atoms with Crippen molar-refractivity contribution < 1.29 is 4.74 Å². The predicted molar refractivity (Wildman–Crippen MR) is 74.4 cm³/mol. The van der Waals surface area contributed by atoms with E-state index in [-0.39, 0.29) is 0 Å². The fourth-order valence-electron chi connectivity index (χ4n) is 2.98. The fourth-order valence-corrected chi connectivity index (χ4v) is 2.98. The van der Waals surface area contributed by atoms with E-state index in [2.05, 4.69) is 42.3 Å². The molecule has 0 bridgehead atoms. The highest BCUT2D eigenvalue weighted by Gasteiger charge is 2.38. The predicted octanol–water partition coefficient (Wildman–Crippen LogP) is 2.38. The lowest BCUT2D eigenvalue weighted by atomic mass is 9.83. The van der Waals surface area contributed by atoms with Crippen LogP contribution >= 0.6 is 0 Å². The van der Waals surface area contributed by atoms with E-state index in [9.17, 15) is 0 Å². The Hall–Kier alpha value is -1.22. The average molecular weight is 246 g/mol. The molecule has 98 valence electrons. The SMILES string of the molecule is CCN1CC(C)(COc2ccc3c(c2)CCN3)C1. The number of fused-ring (bicyclic) bond motifs is 1. The van der Waals surface area contributed by atoms with Crippen LogP contribution < -0.4 is 10.1 Å². The summed E-state index contributed by atoms with van der Waals surface area (Å²) >= 11 is 0. The van der Waals surface area contributed by atoms with Crippen molar-refractivity contribution in [2.75, 3.05) is 38.1 Å². The van der Waals surface area contributed by atoms with E-state index in [4.69, 9.17) is 4.74 Å². The van der Waals surface area contributed by atoms with Gasteiger partial charge in [-0.1, -0.05) is 13.8 Å². The van der Waals surface area contributed by atoms with Crippen molar-refractivity contribution in [3.8, 4) is 5.75 Å². The first-order valence-corrected chi connectivity index (χ1v) is 6.90. The molecule has 0 saturated carbocycles. The minimum atomic E-state index is 0.341. The summed E-state index contributed by atoms with van der Waals surface area (Å²) in [4.78, 5) is 2.45. The van der Waals surface area contributed by atoms with Gasteiger partial charge in [-0.2, -0.15) is 0 Å². The zero-order chi connectivity index (χ0) is 12.6. The average Bonchev–Trinajstić information content (AvgIpc) is 2.80. The lowest BCUT2D eigenvalue weighted by molar-refractivity contribution is -0.0155. The zero-order valence-electron chi connectivity index (χ0n) is 11.3. The van der Waals surface area contributed by atoms with Gasteiger partial charge in [0.05, 0.1) is 6.61 Å². The molecule has 3 rings (SSSR count). The Bertz CT molecular complexity index is 438. The maximum atomic E-state index is 5.98. The van der Waals surface area contributed by atoms with Crippen molar-refractivity contribution in [3.05, 3.63) is 23.8 Å². The van der Waals surface area contributed by atoms with Gasteiger partial charge in [-0.15, -0.1) is 0 Å². The second-order valence-electron chi connectivity index (χ2n) is 5.90. The topological polar surface area (TPSA) is 24.5 Å². The maximum absolute atomic E-state index is 5.98. The number of likely N-dealkylation sites (tertiary alicyclic amines) is 1. The molecule has 1 aromatic rings. The number of benzene rings is 1. The monoisotopic (exact) mass is 246 g/mol. The highest BCUT2D eigenvalue weighted by molar-refractivity contribution is 5.57. The Kier molecular flexibility index (Phi) is 2.94. The number of anilines is 1. The summed E-state index contributed by atoms with van der Waals surface area (Å²) in [6.45, 7) is 9.89. The van der Waals surface area contributed by atoms with E-state index in [0.29, 0.717) is 5.41 Å². The van der Waals surface area contributed by atoms with Crippen LogP contribution in [0.15, 0.2) is 18.2 Å². The normalized spacial score (nSPS) is 21.0. The summed E-state index contributed by atoms with van der Waals surface area (Å²) in [6, 6.07) is 6.41. The summed E-state index contributed by atoms with van der Waals surface area (Å²) in [5, 5.41) is 3.37. The molecule has 1 aromatic carbocycles. The van der Waals surface area contributed by atoms with Gasteiger partial charge < -0.3 is 15.0 Å². The molecule has 0 unspecified atom stereocenters. The Morgan fingerprint density at radius 1 is 1.39 bits per heavy atom. The van der Waals surface area contributed by atoms with Crippen LogP contribution in [0.3, 0.4) is 0 Å². The molecule has 0 amide bonds. The van der Waals surface area contributed by atoms with E-state index >= 15 is 0 Å². The Morgan fingerprint density at radius 3 is 3.00 bits per heavy atom. The second kappa shape index (κ2) is 4.47. The minimum Gasteiger partial charge on any atom is -0.493 e. The van der Waals surface area contributed by atoms with Gasteiger partial charge in [0.1, 0.15) is 5.75 Å². The zero-order valence-corrected chi connectivity index (χ0v) is 11.3.